The van der Waals surface area contributed by atoms with Gasteiger partial charge in [0, 0.05) is 17.5 Å². The molecular weight excluding hydrogens is 284 g/mol. The summed E-state index contributed by atoms with van der Waals surface area (Å²) in [5, 5.41) is 6.83. The third kappa shape index (κ3) is 3.54. The van der Waals surface area contributed by atoms with E-state index in [-0.39, 0.29) is 11.9 Å². The van der Waals surface area contributed by atoms with E-state index in [1.807, 2.05) is 29.0 Å². The molecule has 1 saturated heterocycles. The molecule has 2 aromatic rings. The summed E-state index contributed by atoms with van der Waals surface area (Å²) in [4.78, 5) is 14.5. The molecule has 0 saturated carbocycles. The predicted octanol–water partition coefficient (Wildman–Crippen LogP) is 3.30. The van der Waals surface area contributed by atoms with Crippen LogP contribution >= 0.6 is 11.3 Å². The standard InChI is InChI=1S/C16H20N2O2S/c19-16(13-6-10-21-12-13)17-11-14(15-5-4-9-20-15)18-7-2-1-3-8-18/h4-6,9-10,12,14H,1-3,7-8,11H2,(H,17,19). The maximum absolute atomic E-state index is 12.1. The minimum atomic E-state index is -0.00943. The Kier molecular flexibility index (Phi) is 4.72. The van der Waals surface area contributed by atoms with Crippen LogP contribution in [0.3, 0.4) is 0 Å². The lowest BCUT2D eigenvalue weighted by Crippen LogP contribution is -2.40. The fraction of sp³-hybridized carbons (Fsp3) is 0.438. The molecule has 2 aromatic heterocycles. The molecule has 21 heavy (non-hydrogen) atoms. The number of nitrogens with one attached hydrogen (secondary N) is 1. The summed E-state index contributed by atoms with van der Waals surface area (Å²) in [6, 6.07) is 5.88. The Morgan fingerprint density at radius 1 is 1.33 bits per heavy atom. The van der Waals surface area contributed by atoms with Crippen LogP contribution in [0.5, 0.6) is 0 Å². The van der Waals surface area contributed by atoms with E-state index in [9.17, 15) is 4.79 Å². The van der Waals surface area contributed by atoms with E-state index in [0.29, 0.717) is 6.54 Å². The first kappa shape index (κ1) is 14.4. The number of likely N-dealkylation sites (tertiary alicyclic amines) is 1. The zero-order valence-corrected chi connectivity index (χ0v) is 12.8. The van der Waals surface area contributed by atoms with Crippen LogP contribution in [-0.4, -0.2) is 30.4 Å². The molecule has 1 atom stereocenters. The molecule has 1 N–H and O–H groups in total. The summed E-state index contributed by atoms with van der Waals surface area (Å²) in [6.45, 7) is 2.72. The Hall–Kier alpha value is -1.59. The molecule has 4 nitrogen and oxygen atoms in total. The molecule has 1 fully saturated rings. The SMILES string of the molecule is O=C(NCC(c1ccco1)N1CCCCC1)c1ccsc1. The van der Waals surface area contributed by atoms with Crippen molar-refractivity contribution in [3.63, 3.8) is 0 Å². The Balaban J connectivity index is 1.66. The largest absolute Gasteiger partial charge is 0.468 e. The van der Waals surface area contributed by atoms with E-state index in [0.717, 1.165) is 24.4 Å². The first-order valence-electron chi connectivity index (χ1n) is 7.42. The van der Waals surface area contributed by atoms with Gasteiger partial charge in [0.15, 0.2) is 0 Å². The fourth-order valence-corrected chi connectivity index (χ4v) is 3.44. The highest BCUT2D eigenvalue weighted by Crippen LogP contribution is 2.24. The first-order valence-corrected chi connectivity index (χ1v) is 8.37. The number of nitrogens with zero attached hydrogens (tertiary/aromatic N) is 1. The number of thiophene rings is 1. The quantitative estimate of drug-likeness (QED) is 0.922. The molecule has 1 unspecified atom stereocenters. The maximum atomic E-state index is 12.1. The van der Waals surface area contributed by atoms with E-state index in [1.54, 1.807) is 6.26 Å². The van der Waals surface area contributed by atoms with E-state index in [4.69, 9.17) is 4.42 Å². The van der Waals surface area contributed by atoms with Gasteiger partial charge in [-0.2, -0.15) is 11.3 Å². The summed E-state index contributed by atoms with van der Waals surface area (Å²) >= 11 is 1.54. The molecule has 0 aliphatic carbocycles. The van der Waals surface area contributed by atoms with Crippen molar-refractivity contribution in [1.82, 2.24) is 10.2 Å². The number of furan rings is 1. The molecule has 0 radical (unpaired) electrons. The van der Waals surface area contributed by atoms with Crippen LogP contribution in [0.2, 0.25) is 0 Å². The molecule has 1 aliphatic rings. The van der Waals surface area contributed by atoms with Gasteiger partial charge in [-0.1, -0.05) is 6.42 Å². The van der Waals surface area contributed by atoms with Crippen LogP contribution < -0.4 is 5.32 Å². The number of hydrogen-bond acceptors (Lipinski definition) is 4. The molecule has 0 aromatic carbocycles. The number of hydrogen-bond donors (Lipinski definition) is 1. The van der Waals surface area contributed by atoms with Crippen molar-refractivity contribution in [2.45, 2.75) is 25.3 Å². The van der Waals surface area contributed by atoms with Gasteiger partial charge in [0.2, 0.25) is 0 Å². The Bertz CT molecular complexity index is 545. The Morgan fingerprint density at radius 3 is 2.86 bits per heavy atom. The van der Waals surface area contributed by atoms with Crippen molar-refractivity contribution in [2.24, 2.45) is 0 Å². The summed E-state index contributed by atoms with van der Waals surface area (Å²) in [5.41, 5.74) is 0.733. The Labute approximate surface area is 128 Å². The van der Waals surface area contributed by atoms with Crippen LogP contribution in [0.15, 0.2) is 39.6 Å². The molecule has 5 heteroatoms. The van der Waals surface area contributed by atoms with Crippen molar-refractivity contribution < 1.29 is 9.21 Å². The number of piperidine rings is 1. The van der Waals surface area contributed by atoms with Gasteiger partial charge in [0.05, 0.1) is 12.3 Å². The predicted molar refractivity (Wildman–Crippen MR) is 83.5 cm³/mol. The normalized spacial score (nSPS) is 17.5. The van der Waals surface area contributed by atoms with Crippen LogP contribution in [0, 0.1) is 0 Å². The topological polar surface area (TPSA) is 45.5 Å². The number of amides is 1. The molecule has 3 heterocycles. The first-order chi connectivity index (χ1) is 10.3. The highest BCUT2D eigenvalue weighted by molar-refractivity contribution is 7.08. The number of carbonyl (C=O) groups is 1. The van der Waals surface area contributed by atoms with Crippen LogP contribution in [0.4, 0.5) is 0 Å². The highest BCUT2D eigenvalue weighted by Gasteiger charge is 2.25. The molecule has 1 aliphatic heterocycles. The van der Waals surface area contributed by atoms with Crippen LogP contribution in [-0.2, 0) is 0 Å². The number of rotatable bonds is 5. The summed E-state index contributed by atoms with van der Waals surface area (Å²) in [6.07, 6.45) is 5.43. The van der Waals surface area contributed by atoms with Crippen molar-refractivity contribution in [2.75, 3.05) is 19.6 Å². The van der Waals surface area contributed by atoms with Gasteiger partial charge < -0.3 is 9.73 Å². The van der Waals surface area contributed by atoms with Crippen molar-refractivity contribution in [3.05, 3.63) is 46.5 Å². The molecule has 0 bridgehead atoms. The highest BCUT2D eigenvalue weighted by atomic mass is 32.1. The second-order valence-corrected chi connectivity index (χ2v) is 6.13. The lowest BCUT2D eigenvalue weighted by molar-refractivity contribution is 0.0914. The van der Waals surface area contributed by atoms with E-state index in [1.165, 1.54) is 30.6 Å². The summed E-state index contributed by atoms with van der Waals surface area (Å²) in [5.74, 6) is 0.923. The van der Waals surface area contributed by atoms with E-state index in [2.05, 4.69) is 10.2 Å². The molecule has 112 valence electrons. The molecular formula is C16H20N2O2S. The smallest absolute Gasteiger partial charge is 0.252 e. The molecule has 0 spiro atoms. The summed E-state index contributed by atoms with van der Waals surface area (Å²) in [7, 11) is 0. The van der Waals surface area contributed by atoms with E-state index >= 15 is 0 Å². The third-order valence-electron chi connectivity index (χ3n) is 3.94. The fourth-order valence-electron chi connectivity index (χ4n) is 2.81. The Morgan fingerprint density at radius 2 is 2.19 bits per heavy atom. The van der Waals surface area contributed by atoms with Crippen LogP contribution in [0.25, 0.3) is 0 Å². The van der Waals surface area contributed by atoms with Crippen molar-refractivity contribution >= 4 is 17.2 Å². The van der Waals surface area contributed by atoms with Crippen LogP contribution in [0.1, 0.15) is 41.4 Å². The second-order valence-electron chi connectivity index (χ2n) is 5.35. The minimum absolute atomic E-state index is 0.00943. The van der Waals surface area contributed by atoms with Gasteiger partial charge in [-0.25, -0.2) is 0 Å². The third-order valence-corrected chi connectivity index (χ3v) is 4.63. The maximum Gasteiger partial charge on any atom is 0.252 e. The van der Waals surface area contributed by atoms with Gasteiger partial charge in [-0.3, -0.25) is 9.69 Å². The monoisotopic (exact) mass is 304 g/mol. The molecule has 3 rings (SSSR count). The summed E-state index contributed by atoms with van der Waals surface area (Å²) < 4.78 is 5.58. The van der Waals surface area contributed by atoms with Crippen molar-refractivity contribution in [3.8, 4) is 0 Å². The van der Waals surface area contributed by atoms with Gasteiger partial charge in [0.25, 0.3) is 5.91 Å². The van der Waals surface area contributed by atoms with E-state index < -0.39 is 0 Å². The molecule has 1 amide bonds. The lowest BCUT2D eigenvalue weighted by atomic mass is 10.1. The van der Waals surface area contributed by atoms with Crippen molar-refractivity contribution in [1.29, 1.82) is 0 Å². The van der Waals surface area contributed by atoms with Gasteiger partial charge in [0.1, 0.15) is 5.76 Å². The minimum Gasteiger partial charge on any atom is -0.468 e. The lowest BCUT2D eigenvalue weighted by Gasteiger charge is -2.33. The zero-order valence-electron chi connectivity index (χ0n) is 12.0. The van der Waals surface area contributed by atoms with Gasteiger partial charge in [-0.05, 0) is 49.5 Å². The average molecular weight is 304 g/mol. The number of carbonyl (C=O) groups excluding carboxylic acids is 1. The second kappa shape index (κ2) is 6.91. The van der Waals surface area contributed by atoms with Gasteiger partial charge in [-0.15, -0.1) is 0 Å². The zero-order chi connectivity index (χ0) is 14.5. The average Bonchev–Trinajstić information content (AvgIpc) is 3.22. The van der Waals surface area contributed by atoms with Gasteiger partial charge >= 0.3 is 0 Å².